The first-order chi connectivity index (χ1) is 13.9. The molecule has 2 aromatic heterocycles. The van der Waals surface area contributed by atoms with E-state index in [1.54, 1.807) is 19.9 Å². The van der Waals surface area contributed by atoms with Gasteiger partial charge in [-0.15, -0.1) is 0 Å². The number of aryl methyl sites for hydroxylation is 3. The molecule has 0 aliphatic carbocycles. The minimum Gasteiger partial charge on any atom is -0.441 e. The third-order valence-electron chi connectivity index (χ3n) is 4.83. The van der Waals surface area contributed by atoms with E-state index in [4.69, 9.17) is 4.42 Å². The molecule has 0 atom stereocenters. The number of nitrogens with zero attached hydrogens (tertiary/aromatic N) is 1. The summed E-state index contributed by atoms with van der Waals surface area (Å²) < 4.78 is 5.74. The number of amides is 1. The number of fused-ring (bicyclic) bond motifs is 1. The van der Waals surface area contributed by atoms with Gasteiger partial charge >= 0.3 is 0 Å². The van der Waals surface area contributed by atoms with Crippen molar-refractivity contribution in [2.75, 3.05) is 5.32 Å². The third kappa shape index (κ3) is 3.96. The number of pyridine rings is 1. The number of carbonyl (C=O) groups excluding carboxylic acids is 1. The van der Waals surface area contributed by atoms with Crippen LogP contribution in [0.3, 0.4) is 0 Å². The van der Waals surface area contributed by atoms with E-state index in [9.17, 15) is 9.59 Å². The highest BCUT2D eigenvalue weighted by Gasteiger charge is 2.15. The maximum atomic E-state index is 12.5. The molecular weight excluding hydrogens is 366 g/mol. The number of aromatic nitrogens is 2. The molecule has 146 valence electrons. The molecule has 0 aliphatic heterocycles. The van der Waals surface area contributed by atoms with Gasteiger partial charge in [-0.1, -0.05) is 23.8 Å². The van der Waals surface area contributed by atoms with Gasteiger partial charge in [0.1, 0.15) is 5.76 Å². The maximum absolute atomic E-state index is 12.5. The fourth-order valence-electron chi connectivity index (χ4n) is 3.16. The summed E-state index contributed by atoms with van der Waals surface area (Å²) in [6.07, 6.45) is 0.101. The molecule has 29 heavy (non-hydrogen) atoms. The summed E-state index contributed by atoms with van der Waals surface area (Å²) in [7, 11) is 0. The number of hydrogen-bond acceptors (Lipinski definition) is 4. The first-order valence-electron chi connectivity index (χ1n) is 9.36. The average Bonchev–Trinajstić information content (AvgIpc) is 3.04. The van der Waals surface area contributed by atoms with Crippen LogP contribution in [0.5, 0.6) is 0 Å². The van der Waals surface area contributed by atoms with Gasteiger partial charge in [0, 0.05) is 16.8 Å². The summed E-state index contributed by atoms with van der Waals surface area (Å²) >= 11 is 0. The van der Waals surface area contributed by atoms with E-state index < -0.39 is 0 Å². The molecule has 0 unspecified atom stereocenters. The topological polar surface area (TPSA) is 88.0 Å². The van der Waals surface area contributed by atoms with Crippen LogP contribution in [0.15, 0.2) is 57.7 Å². The molecule has 0 aliphatic rings. The van der Waals surface area contributed by atoms with E-state index in [0.717, 1.165) is 16.5 Å². The summed E-state index contributed by atoms with van der Waals surface area (Å²) in [6, 6.07) is 15.1. The molecule has 0 radical (unpaired) electrons. The summed E-state index contributed by atoms with van der Waals surface area (Å²) in [5.41, 5.74) is 4.44. The molecule has 0 saturated carbocycles. The Balaban J connectivity index is 1.51. The summed E-state index contributed by atoms with van der Waals surface area (Å²) in [4.78, 5) is 31.6. The maximum Gasteiger partial charge on any atom is 0.251 e. The Morgan fingerprint density at radius 2 is 1.83 bits per heavy atom. The first-order valence-corrected chi connectivity index (χ1v) is 9.36. The quantitative estimate of drug-likeness (QED) is 0.547. The number of hydrogen-bond donors (Lipinski definition) is 2. The van der Waals surface area contributed by atoms with Gasteiger partial charge in [0.05, 0.1) is 17.6 Å². The second kappa shape index (κ2) is 7.39. The van der Waals surface area contributed by atoms with E-state index >= 15 is 0 Å². The summed E-state index contributed by atoms with van der Waals surface area (Å²) in [5.74, 6) is 0.920. The Morgan fingerprint density at radius 1 is 1.07 bits per heavy atom. The van der Waals surface area contributed by atoms with Gasteiger partial charge in [0.2, 0.25) is 11.8 Å². The number of aromatic amines is 1. The first kappa shape index (κ1) is 18.7. The van der Waals surface area contributed by atoms with Gasteiger partial charge in [0.25, 0.3) is 5.56 Å². The Morgan fingerprint density at radius 3 is 2.59 bits per heavy atom. The average molecular weight is 387 g/mol. The van der Waals surface area contributed by atoms with Crippen molar-refractivity contribution < 1.29 is 9.21 Å². The number of carbonyl (C=O) groups is 1. The van der Waals surface area contributed by atoms with Crippen LogP contribution in [0, 0.1) is 20.8 Å². The van der Waals surface area contributed by atoms with Gasteiger partial charge < -0.3 is 14.7 Å². The lowest BCUT2D eigenvalue weighted by Crippen LogP contribution is -2.15. The number of oxazole rings is 1. The fourth-order valence-corrected chi connectivity index (χ4v) is 3.16. The van der Waals surface area contributed by atoms with Gasteiger partial charge in [-0.25, -0.2) is 4.98 Å². The van der Waals surface area contributed by atoms with Crippen molar-refractivity contribution in [1.29, 1.82) is 0 Å². The molecule has 2 N–H and O–H groups in total. The Bertz CT molecular complexity index is 1270. The van der Waals surface area contributed by atoms with Crippen LogP contribution in [-0.4, -0.2) is 15.9 Å². The molecule has 2 heterocycles. The zero-order valence-electron chi connectivity index (χ0n) is 16.5. The van der Waals surface area contributed by atoms with Crippen molar-refractivity contribution in [2.24, 2.45) is 0 Å². The predicted octanol–water partition coefficient (Wildman–Crippen LogP) is 4.29. The zero-order valence-corrected chi connectivity index (χ0v) is 16.5. The molecule has 4 aromatic rings. The lowest BCUT2D eigenvalue weighted by atomic mass is 10.1. The lowest BCUT2D eigenvalue weighted by Gasteiger charge is -2.06. The number of H-pyrrole nitrogens is 1. The van der Waals surface area contributed by atoms with E-state index in [1.807, 2.05) is 49.4 Å². The summed E-state index contributed by atoms with van der Waals surface area (Å²) in [5, 5.41) is 3.77. The monoisotopic (exact) mass is 387 g/mol. The minimum atomic E-state index is -0.203. The summed E-state index contributed by atoms with van der Waals surface area (Å²) in [6.45, 7) is 5.58. The largest absolute Gasteiger partial charge is 0.441 e. The standard InChI is InChI=1S/C23H21N3O3/c1-13-4-6-16(7-5-13)23-26-19(15(3)29-23)12-21(27)24-18-9-8-17-10-14(2)22(28)25-20(17)11-18/h4-11H,12H2,1-3H3,(H,24,27)(H,25,28). The lowest BCUT2D eigenvalue weighted by molar-refractivity contribution is -0.115. The molecule has 6 heteroatoms. The van der Waals surface area contributed by atoms with E-state index in [-0.39, 0.29) is 17.9 Å². The third-order valence-corrected chi connectivity index (χ3v) is 4.83. The van der Waals surface area contributed by atoms with E-state index in [0.29, 0.717) is 34.1 Å². The smallest absolute Gasteiger partial charge is 0.251 e. The highest BCUT2D eigenvalue weighted by atomic mass is 16.4. The molecule has 4 rings (SSSR count). The van der Waals surface area contributed by atoms with Crippen LogP contribution in [0.4, 0.5) is 5.69 Å². The number of nitrogens with one attached hydrogen (secondary N) is 2. The second-order valence-corrected chi connectivity index (χ2v) is 7.20. The molecule has 2 aromatic carbocycles. The van der Waals surface area contributed by atoms with Gasteiger partial charge in [0.15, 0.2) is 0 Å². The zero-order chi connectivity index (χ0) is 20.5. The molecule has 0 bridgehead atoms. The second-order valence-electron chi connectivity index (χ2n) is 7.20. The van der Waals surface area contributed by atoms with Crippen molar-refractivity contribution in [1.82, 2.24) is 9.97 Å². The molecule has 0 spiro atoms. The van der Waals surface area contributed by atoms with Crippen molar-refractivity contribution in [2.45, 2.75) is 27.2 Å². The van der Waals surface area contributed by atoms with Crippen LogP contribution < -0.4 is 10.9 Å². The van der Waals surface area contributed by atoms with Crippen LogP contribution >= 0.6 is 0 Å². The molecular formula is C23H21N3O3. The van der Waals surface area contributed by atoms with Crippen LogP contribution in [0.1, 0.15) is 22.6 Å². The van der Waals surface area contributed by atoms with Gasteiger partial charge in [-0.05, 0) is 56.5 Å². The number of rotatable bonds is 4. The molecule has 6 nitrogen and oxygen atoms in total. The normalized spacial score (nSPS) is 11.0. The molecule has 0 saturated heterocycles. The highest BCUT2D eigenvalue weighted by Crippen LogP contribution is 2.23. The fraction of sp³-hybridized carbons (Fsp3) is 0.174. The van der Waals surface area contributed by atoms with Crippen molar-refractivity contribution in [3.63, 3.8) is 0 Å². The molecule has 0 fully saturated rings. The van der Waals surface area contributed by atoms with Crippen LogP contribution in [0.2, 0.25) is 0 Å². The number of anilines is 1. The van der Waals surface area contributed by atoms with Crippen molar-refractivity contribution >= 4 is 22.5 Å². The Labute approximate surface area is 167 Å². The Kier molecular flexibility index (Phi) is 4.76. The van der Waals surface area contributed by atoms with Crippen molar-refractivity contribution in [3.8, 4) is 11.5 Å². The van der Waals surface area contributed by atoms with Crippen molar-refractivity contribution in [3.05, 3.63) is 81.5 Å². The Hall–Kier alpha value is -3.67. The minimum absolute atomic E-state index is 0.101. The number of benzene rings is 2. The van der Waals surface area contributed by atoms with E-state index in [2.05, 4.69) is 15.3 Å². The molecule has 1 amide bonds. The SMILES string of the molecule is Cc1ccc(-c2nc(CC(=O)Nc3ccc4cc(C)c(=O)[nH]c4c3)c(C)o2)cc1. The van der Waals surface area contributed by atoms with Crippen LogP contribution in [-0.2, 0) is 11.2 Å². The highest BCUT2D eigenvalue weighted by molar-refractivity contribution is 5.94. The predicted molar refractivity (Wildman–Crippen MR) is 113 cm³/mol. The van der Waals surface area contributed by atoms with E-state index in [1.165, 1.54) is 0 Å². The van der Waals surface area contributed by atoms with Gasteiger partial charge in [-0.2, -0.15) is 0 Å². The van der Waals surface area contributed by atoms with Gasteiger partial charge in [-0.3, -0.25) is 9.59 Å². The van der Waals surface area contributed by atoms with Crippen LogP contribution in [0.25, 0.3) is 22.4 Å².